The summed E-state index contributed by atoms with van der Waals surface area (Å²) in [5.41, 5.74) is 5.97. The van der Waals surface area contributed by atoms with Crippen molar-refractivity contribution >= 4 is 5.91 Å². The maximum atomic E-state index is 10.9. The molecule has 0 unspecified atom stereocenters. The van der Waals surface area contributed by atoms with Crippen molar-refractivity contribution in [3.8, 4) is 5.75 Å². The Balaban J connectivity index is 1.87. The van der Waals surface area contributed by atoms with Crippen molar-refractivity contribution in [3.05, 3.63) is 29.8 Å². The minimum atomic E-state index is -0.294. The van der Waals surface area contributed by atoms with Gasteiger partial charge in [-0.3, -0.25) is 4.79 Å². The summed E-state index contributed by atoms with van der Waals surface area (Å²) in [6, 6.07) is 7.71. The van der Waals surface area contributed by atoms with Gasteiger partial charge in [-0.1, -0.05) is 12.1 Å². The number of rotatable bonds is 6. The molecule has 0 aromatic heterocycles. The fraction of sp³-hybridized carbons (Fsp3) is 0.462. The molecule has 1 saturated carbocycles. The van der Waals surface area contributed by atoms with E-state index >= 15 is 0 Å². The molecule has 1 aromatic carbocycles. The minimum absolute atomic E-state index is 0.286. The van der Waals surface area contributed by atoms with E-state index in [2.05, 4.69) is 0 Å². The summed E-state index contributed by atoms with van der Waals surface area (Å²) in [4.78, 5) is 10.9. The highest BCUT2D eigenvalue weighted by Gasteiger charge is 2.45. The van der Waals surface area contributed by atoms with Gasteiger partial charge in [-0.15, -0.1) is 0 Å². The molecule has 1 aliphatic carbocycles. The Hall–Kier alpha value is -1.55. The first-order valence-corrected chi connectivity index (χ1v) is 5.69. The largest absolute Gasteiger partial charge is 0.497 e. The zero-order valence-corrected chi connectivity index (χ0v) is 9.94. The van der Waals surface area contributed by atoms with Crippen molar-refractivity contribution < 1.29 is 14.3 Å². The Morgan fingerprint density at radius 3 is 2.47 bits per heavy atom. The molecule has 0 spiro atoms. The number of nitrogens with two attached hydrogens (primary N) is 1. The Labute approximate surface area is 101 Å². The Morgan fingerprint density at radius 1 is 1.35 bits per heavy atom. The quantitative estimate of drug-likeness (QED) is 0.815. The minimum Gasteiger partial charge on any atom is -0.497 e. The van der Waals surface area contributed by atoms with Crippen LogP contribution in [0.15, 0.2) is 24.3 Å². The Bertz CT molecular complexity index is 396. The lowest BCUT2D eigenvalue weighted by Gasteiger charge is -2.14. The number of methoxy groups -OCH3 is 1. The predicted molar refractivity (Wildman–Crippen MR) is 63.6 cm³/mol. The van der Waals surface area contributed by atoms with Gasteiger partial charge < -0.3 is 15.2 Å². The topological polar surface area (TPSA) is 61.6 Å². The van der Waals surface area contributed by atoms with Crippen LogP contribution in [-0.4, -0.2) is 18.6 Å². The SMILES string of the molecule is COc1ccc(COC2(CC(N)=O)CC2)cc1. The third-order valence-electron chi connectivity index (χ3n) is 3.01. The van der Waals surface area contributed by atoms with Crippen LogP contribution in [0.3, 0.4) is 0 Å². The molecule has 0 atom stereocenters. The molecule has 4 nitrogen and oxygen atoms in total. The van der Waals surface area contributed by atoms with Gasteiger partial charge in [0.25, 0.3) is 0 Å². The molecule has 0 saturated heterocycles. The number of ether oxygens (including phenoxy) is 2. The van der Waals surface area contributed by atoms with Crippen LogP contribution in [0.5, 0.6) is 5.75 Å². The molecule has 0 heterocycles. The zero-order valence-electron chi connectivity index (χ0n) is 9.94. The summed E-state index contributed by atoms with van der Waals surface area (Å²) in [7, 11) is 1.64. The van der Waals surface area contributed by atoms with Gasteiger partial charge in [-0.25, -0.2) is 0 Å². The molecular weight excluding hydrogens is 218 g/mol. The molecular formula is C13H17NO3. The second-order valence-corrected chi connectivity index (χ2v) is 4.46. The standard InChI is InChI=1S/C13H17NO3/c1-16-11-4-2-10(3-5-11)9-17-13(6-7-13)8-12(14)15/h2-5H,6-9H2,1H3,(H2,14,15). The van der Waals surface area contributed by atoms with E-state index in [1.54, 1.807) is 7.11 Å². The van der Waals surface area contributed by atoms with Crippen LogP contribution >= 0.6 is 0 Å². The molecule has 0 bridgehead atoms. The number of amides is 1. The molecule has 1 aliphatic rings. The van der Waals surface area contributed by atoms with Crippen molar-refractivity contribution in [1.82, 2.24) is 0 Å². The average Bonchev–Trinajstić information content (AvgIpc) is 3.06. The summed E-state index contributed by atoms with van der Waals surface area (Å²) in [5.74, 6) is 0.532. The third-order valence-corrected chi connectivity index (χ3v) is 3.01. The highest BCUT2D eigenvalue weighted by Crippen LogP contribution is 2.43. The number of hydrogen-bond donors (Lipinski definition) is 1. The first-order valence-electron chi connectivity index (χ1n) is 5.69. The van der Waals surface area contributed by atoms with Gasteiger partial charge in [0.05, 0.1) is 25.7 Å². The van der Waals surface area contributed by atoms with E-state index in [4.69, 9.17) is 15.2 Å². The van der Waals surface area contributed by atoms with Gasteiger partial charge in [0, 0.05) is 0 Å². The van der Waals surface area contributed by atoms with Crippen molar-refractivity contribution in [3.63, 3.8) is 0 Å². The van der Waals surface area contributed by atoms with E-state index in [9.17, 15) is 4.79 Å². The van der Waals surface area contributed by atoms with E-state index in [1.807, 2.05) is 24.3 Å². The van der Waals surface area contributed by atoms with Crippen molar-refractivity contribution in [2.75, 3.05) is 7.11 Å². The second-order valence-electron chi connectivity index (χ2n) is 4.46. The van der Waals surface area contributed by atoms with Crippen LogP contribution in [-0.2, 0) is 16.1 Å². The molecule has 0 radical (unpaired) electrons. The normalized spacial score (nSPS) is 16.5. The monoisotopic (exact) mass is 235 g/mol. The van der Waals surface area contributed by atoms with E-state index in [0.717, 1.165) is 24.2 Å². The van der Waals surface area contributed by atoms with E-state index in [-0.39, 0.29) is 11.5 Å². The van der Waals surface area contributed by atoms with Crippen LogP contribution in [0, 0.1) is 0 Å². The lowest BCUT2D eigenvalue weighted by Crippen LogP contribution is -2.23. The first-order chi connectivity index (χ1) is 8.13. The lowest BCUT2D eigenvalue weighted by atomic mass is 10.2. The number of benzene rings is 1. The number of hydrogen-bond acceptors (Lipinski definition) is 3. The van der Waals surface area contributed by atoms with Crippen molar-refractivity contribution in [1.29, 1.82) is 0 Å². The van der Waals surface area contributed by atoms with Crippen LogP contribution < -0.4 is 10.5 Å². The Kier molecular flexibility index (Phi) is 3.33. The zero-order chi connectivity index (χ0) is 12.3. The summed E-state index contributed by atoms with van der Waals surface area (Å²) in [6.45, 7) is 0.511. The molecule has 4 heteroatoms. The molecule has 92 valence electrons. The van der Waals surface area contributed by atoms with Crippen LogP contribution in [0.4, 0.5) is 0 Å². The van der Waals surface area contributed by atoms with Gasteiger partial charge in [0.15, 0.2) is 0 Å². The van der Waals surface area contributed by atoms with Crippen LogP contribution in [0.1, 0.15) is 24.8 Å². The van der Waals surface area contributed by atoms with Crippen molar-refractivity contribution in [2.24, 2.45) is 5.73 Å². The van der Waals surface area contributed by atoms with E-state index in [1.165, 1.54) is 0 Å². The average molecular weight is 235 g/mol. The fourth-order valence-corrected chi connectivity index (χ4v) is 1.79. The van der Waals surface area contributed by atoms with Gasteiger partial charge in [0.2, 0.25) is 5.91 Å². The highest BCUT2D eigenvalue weighted by molar-refractivity contribution is 5.75. The molecule has 2 N–H and O–H groups in total. The summed E-state index contributed by atoms with van der Waals surface area (Å²) in [5, 5.41) is 0. The molecule has 0 aliphatic heterocycles. The summed E-state index contributed by atoms with van der Waals surface area (Å²) in [6.07, 6.45) is 2.17. The molecule has 1 fully saturated rings. The summed E-state index contributed by atoms with van der Waals surface area (Å²) >= 11 is 0. The summed E-state index contributed by atoms with van der Waals surface area (Å²) < 4.78 is 10.8. The van der Waals surface area contributed by atoms with E-state index in [0.29, 0.717) is 13.0 Å². The Morgan fingerprint density at radius 2 is 2.00 bits per heavy atom. The molecule has 2 rings (SSSR count). The maximum Gasteiger partial charge on any atom is 0.220 e. The predicted octanol–water partition coefficient (Wildman–Crippen LogP) is 1.62. The smallest absolute Gasteiger partial charge is 0.220 e. The molecule has 1 amide bonds. The fourth-order valence-electron chi connectivity index (χ4n) is 1.79. The van der Waals surface area contributed by atoms with Gasteiger partial charge in [0.1, 0.15) is 5.75 Å². The number of carbonyl (C=O) groups is 1. The maximum absolute atomic E-state index is 10.9. The van der Waals surface area contributed by atoms with Crippen LogP contribution in [0.2, 0.25) is 0 Å². The van der Waals surface area contributed by atoms with E-state index < -0.39 is 0 Å². The van der Waals surface area contributed by atoms with Crippen LogP contribution in [0.25, 0.3) is 0 Å². The second kappa shape index (κ2) is 4.75. The molecule has 1 aromatic rings. The first kappa shape index (κ1) is 11.9. The van der Waals surface area contributed by atoms with Gasteiger partial charge in [-0.2, -0.15) is 0 Å². The lowest BCUT2D eigenvalue weighted by molar-refractivity contribution is -0.122. The highest BCUT2D eigenvalue weighted by atomic mass is 16.5. The number of primary amides is 1. The molecule has 17 heavy (non-hydrogen) atoms. The van der Waals surface area contributed by atoms with Gasteiger partial charge in [-0.05, 0) is 30.5 Å². The number of carbonyl (C=O) groups excluding carboxylic acids is 1. The third kappa shape index (κ3) is 3.20. The van der Waals surface area contributed by atoms with Crippen molar-refractivity contribution in [2.45, 2.75) is 31.5 Å². The van der Waals surface area contributed by atoms with Gasteiger partial charge >= 0.3 is 0 Å².